The van der Waals surface area contributed by atoms with Crippen LogP contribution in [0, 0.1) is 13.8 Å². The van der Waals surface area contributed by atoms with Gasteiger partial charge in [0.05, 0.1) is 12.7 Å². The number of nitrogens with zero attached hydrogens (tertiary/aromatic N) is 2. The zero-order valence-corrected chi connectivity index (χ0v) is 14.3. The lowest BCUT2D eigenvalue weighted by Crippen LogP contribution is -2.38. The molecule has 1 aliphatic heterocycles. The highest BCUT2D eigenvalue weighted by Gasteiger charge is 2.31. The van der Waals surface area contributed by atoms with E-state index < -0.39 is 10.0 Å². The molecule has 1 aliphatic rings. The highest BCUT2D eigenvalue weighted by atomic mass is 32.2. The molecule has 0 bridgehead atoms. The summed E-state index contributed by atoms with van der Waals surface area (Å²) in [4.78, 5) is 0.149. The summed E-state index contributed by atoms with van der Waals surface area (Å²) < 4.78 is 37.6. The Bertz CT molecular complexity index is 794. The molecule has 0 spiro atoms. The summed E-state index contributed by atoms with van der Waals surface area (Å²) in [6.07, 6.45) is 0.544. The van der Waals surface area contributed by atoms with E-state index in [9.17, 15) is 8.42 Å². The second kappa shape index (κ2) is 6.07. The molecule has 0 aliphatic carbocycles. The molecule has 1 atom stereocenters. The average Bonchev–Trinajstić information content (AvgIpc) is 2.86. The Morgan fingerprint density at radius 3 is 2.61 bits per heavy atom. The van der Waals surface area contributed by atoms with Crippen molar-refractivity contribution < 1.29 is 17.7 Å². The standard InChI is InChI=1S/C16H20N2O4S/c1-11-16(12(2)22-17-11)23(19,20)18(3)9-15-8-13-6-4-5-7-14(13)10-21-15/h4-7,15H,8-10H2,1-3H3. The third-order valence-electron chi connectivity index (χ3n) is 4.14. The van der Waals surface area contributed by atoms with Gasteiger partial charge in [-0.15, -0.1) is 0 Å². The molecular formula is C16H20N2O4S. The van der Waals surface area contributed by atoms with Crippen LogP contribution in [0.25, 0.3) is 0 Å². The number of hydrogen-bond donors (Lipinski definition) is 0. The zero-order chi connectivity index (χ0) is 16.6. The number of hydrogen-bond acceptors (Lipinski definition) is 5. The van der Waals surface area contributed by atoms with Gasteiger partial charge in [0.25, 0.3) is 0 Å². The van der Waals surface area contributed by atoms with E-state index in [1.165, 1.54) is 15.4 Å². The summed E-state index contributed by atoms with van der Waals surface area (Å²) in [7, 11) is -2.08. The largest absolute Gasteiger partial charge is 0.372 e. The zero-order valence-electron chi connectivity index (χ0n) is 13.4. The molecule has 3 rings (SSSR count). The Labute approximate surface area is 136 Å². The van der Waals surface area contributed by atoms with E-state index in [4.69, 9.17) is 9.26 Å². The quantitative estimate of drug-likeness (QED) is 0.854. The van der Waals surface area contributed by atoms with E-state index in [1.54, 1.807) is 20.9 Å². The molecule has 1 unspecified atom stereocenters. The van der Waals surface area contributed by atoms with Crippen molar-refractivity contribution in [3.8, 4) is 0 Å². The molecule has 1 aromatic carbocycles. The second-order valence-electron chi connectivity index (χ2n) is 5.84. The van der Waals surface area contributed by atoms with Crippen LogP contribution >= 0.6 is 0 Å². The van der Waals surface area contributed by atoms with Crippen LogP contribution in [0.5, 0.6) is 0 Å². The molecule has 23 heavy (non-hydrogen) atoms. The number of fused-ring (bicyclic) bond motifs is 1. The van der Waals surface area contributed by atoms with Crippen LogP contribution < -0.4 is 0 Å². The first kappa shape index (κ1) is 16.2. The fourth-order valence-corrected chi connectivity index (χ4v) is 4.40. The first-order chi connectivity index (χ1) is 10.9. The molecule has 2 heterocycles. The van der Waals surface area contributed by atoms with Crippen molar-refractivity contribution in [2.45, 2.75) is 37.9 Å². The van der Waals surface area contributed by atoms with E-state index in [0.29, 0.717) is 31.0 Å². The van der Waals surface area contributed by atoms with Gasteiger partial charge in [-0.2, -0.15) is 4.31 Å². The molecule has 0 radical (unpaired) electrons. The van der Waals surface area contributed by atoms with Crippen molar-refractivity contribution in [2.24, 2.45) is 0 Å². The molecule has 0 saturated carbocycles. The Morgan fingerprint density at radius 2 is 1.96 bits per heavy atom. The lowest BCUT2D eigenvalue weighted by Gasteiger charge is -2.28. The number of likely N-dealkylation sites (N-methyl/N-ethyl adjacent to an activating group) is 1. The van der Waals surface area contributed by atoms with Crippen LogP contribution in [0.2, 0.25) is 0 Å². The molecule has 7 heteroatoms. The van der Waals surface area contributed by atoms with E-state index >= 15 is 0 Å². The van der Waals surface area contributed by atoms with Crippen molar-refractivity contribution in [2.75, 3.05) is 13.6 Å². The minimum Gasteiger partial charge on any atom is -0.372 e. The maximum Gasteiger partial charge on any atom is 0.248 e. The van der Waals surface area contributed by atoms with E-state index in [-0.39, 0.29) is 11.0 Å². The molecule has 0 saturated heterocycles. The third kappa shape index (κ3) is 3.04. The lowest BCUT2D eigenvalue weighted by molar-refractivity contribution is 0.0202. The summed E-state index contributed by atoms with van der Waals surface area (Å²) in [5.41, 5.74) is 2.76. The number of ether oxygens (including phenoxy) is 1. The first-order valence-electron chi connectivity index (χ1n) is 7.47. The molecule has 6 nitrogen and oxygen atoms in total. The summed E-state index contributed by atoms with van der Waals surface area (Å²) in [6, 6.07) is 8.08. The Kier molecular flexibility index (Phi) is 4.27. The third-order valence-corrected chi connectivity index (χ3v) is 6.21. The fraction of sp³-hybridized carbons (Fsp3) is 0.438. The number of benzene rings is 1. The van der Waals surface area contributed by atoms with Gasteiger partial charge in [-0.05, 0) is 25.0 Å². The normalized spacial score (nSPS) is 18.2. The van der Waals surface area contributed by atoms with Crippen molar-refractivity contribution >= 4 is 10.0 Å². The molecule has 0 N–H and O–H groups in total. The summed E-state index contributed by atoms with van der Waals surface area (Å²) in [5, 5.41) is 3.73. The number of sulfonamides is 1. The smallest absolute Gasteiger partial charge is 0.248 e. The molecule has 2 aromatic rings. The Balaban J connectivity index is 1.76. The molecule has 0 fully saturated rings. The second-order valence-corrected chi connectivity index (χ2v) is 7.83. The van der Waals surface area contributed by atoms with Crippen LogP contribution in [0.4, 0.5) is 0 Å². The van der Waals surface area contributed by atoms with Gasteiger partial charge < -0.3 is 9.26 Å². The van der Waals surface area contributed by atoms with Crippen LogP contribution in [0.15, 0.2) is 33.7 Å². The average molecular weight is 336 g/mol. The van der Waals surface area contributed by atoms with Crippen LogP contribution in [0.3, 0.4) is 0 Å². The van der Waals surface area contributed by atoms with Gasteiger partial charge in [-0.3, -0.25) is 0 Å². The van der Waals surface area contributed by atoms with Gasteiger partial charge in [0, 0.05) is 20.0 Å². The monoisotopic (exact) mass is 336 g/mol. The Morgan fingerprint density at radius 1 is 1.26 bits per heavy atom. The van der Waals surface area contributed by atoms with Crippen LogP contribution in [-0.2, 0) is 27.8 Å². The van der Waals surface area contributed by atoms with Gasteiger partial charge in [0.1, 0.15) is 10.6 Å². The fourth-order valence-electron chi connectivity index (χ4n) is 2.91. The highest BCUT2D eigenvalue weighted by molar-refractivity contribution is 7.89. The maximum atomic E-state index is 12.7. The van der Waals surface area contributed by atoms with Gasteiger partial charge in [-0.1, -0.05) is 29.4 Å². The molecule has 0 amide bonds. The van der Waals surface area contributed by atoms with Gasteiger partial charge in [0.15, 0.2) is 5.76 Å². The topological polar surface area (TPSA) is 72.6 Å². The van der Waals surface area contributed by atoms with Crippen molar-refractivity contribution in [1.29, 1.82) is 0 Å². The minimum atomic E-state index is -3.64. The predicted molar refractivity (Wildman–Crippen MR) is 84.5 cm³/mol. The summed E-state index contributed by atoms with van der Waals surface area (Å²) in [5.74, 6) is 0.309. The maximum absolute atomic E-state index is 12.7. The van der Waals surface area contributed by atoms with Crippen molar-refractivity contribution in [3.05, 3.63) is 46.8 Å². The van der Waals surface area contributed by atoms with Gasteiger partial charge in [0.2, 0.25) is 10.0 Å². The number of aromatic nitrogens is 1. The number of rotatable bonds is 4. The Hall–Kier alpha value is -1.70. The number of aryl methyl sites for hydroxylation is 2. The summed E-state index contributed by atoms with van der Waals surface area (Å²) in [6.45, 7) is 4.04. The van der Waals surface area contributed by atoms with Crippen LogP contribution in [-0.4, -0.2) is 37.6 Å². The van der Waals surface area contributed by atoms with E-state index in [2.05, 4.69) is 11.2 Å². The van der Waals surface area contributed by atoms with Gasteiger partial charge >= 0.3 is 0 Å². The minimum absolute atomic E-state index is 0.149. The SMILES string of the molecule is Cc1noc(C)c1S(=O)(=O)N(C)CC1Cc2ccccc2CO1. The molecular weight excluding hydrogens is 316 g/mol. The molecule has 124 valence electrons. The predicted octanol–water partition coefficient (Wildman–Crippen LogP) is 2.05. The summed E-state index contributed by atoms with van der Waals surface area (Å²) >= 11 is 0. The lowest BCUT2D eigenvalue weighted by atomic mass is 9.99. The highest BCUT2D eigenvalue weighted by Crippen LogP contribution is 2.25. The van der Waals surface area contributed by atoms with E-state index in [0.717, 1.165) is 0 Å². The van der Waals surface area contributed by atoms with Crippen molar-refractivity contribution in [1.82, 2.24) is 9.46 Å². The first-order valence-corrected chi connectivity index (χ1v) is 8.91. The van der Waals surface area contributed by atoms with E-state index in [1.807, 2.05) is 18.2 Å². The van der Waals surface area contributed by atoms with Crippen LogP contribution in [0.1, 0.15) is 22.6 Å². The van der Waals surface area contributed by atoms with Crippen molar-refractivity contribution in [3.63, 3.8) is 0 Å². The van der Waals surface area contributed by atoms with Gasteiger partial charge in [-0.25, -0.2) is 8.42 Å². The molecule has 1 aromatic heterocycles.